The van der Waals surface area contributed by atoms with Gasteiger partial charge in [-0.2, -0.15) is 0 Å². The summed E-state index contributed by atoms with van der Waals surface area (Å²) in [5.41, 5.74) is 4.53. The zero-order chi connectivity index (χ0) is 15.3. The summed E-state index contributed by atoms with van der Waals surface area (Å²) >= 11 is 0. The van der Waals surface area contributed by atoms with Crippen molar-refractivity contribution in [2.45, 2.75) is 33.7 Å². The van der Waals surface area contributed by atoms with Crippen molar-refractivity contribution in [3.8, 4) is 0 Å². The monoisotopic (exact) mass is 283 g/mol. The van der Waals surface area contributed by atoms with Crippen molar-refractivity contribution in [3.63, 3.8) is 0 Å². The fraction of sp³-hybridized carbons (Fsp3) is 0.545. The lowest BCUT2D eigenvalue weighted by Crippen LogP contribution is -2.42. The molecule has 9 nitrogen and oxygen atoms in total. The molecule has 110 valence electrons. The topological polar surface area (TPSA) is 126 Å². The van der Waals surface area contributed by atoms with Crippen LogP contribution in [0.4, 0.5) is 0 Å². The van der Waals surface area contributed by atoms with Crippen LogP contribution >= 0.6 is 0 Å². The highest BCUT2D eigenvalue weighted by atomic mass is 16.4. The van der Waals surface area contributed by atoms with E-state index in [9.17, 15) is 14.4 Å². The van der Waals surface area contributed by atoms with Crippen LogP contribution in [0.5, 0.6) is 0 Å². The van der Waals surface area contributed by atoms with Gasteiger partial charge < -0.3 is 5.11 Å². The van der Waals surface area contributed by atoms with Crippen LogP contribution in [0.3, 0.4) is 0 Å². The number of carbonyl (C=O) groups is 3. The maximum Gasteiger partial charge on any atom is 0.358 e. The van der Waals surface area contributed by atoms with Gasteiger partial charge in [0, 0.05) is 6.92 Å². The molecule has 0 fully saturated rings. The number of nitrogens with one attached hydrogen (secondary N) is 2. The summed E-state index contributed by atoms with van der Waals surface area (Å²) in [7, 11) is 0. The number of aromatic nitrogens is 3. The number of rotatable bonds is 5. The highest BCUT2D eigenvalue weighted by Gasteiger charge is 2.21. The molecule has 20 heavy (non-hydrogen) atoms. The lowest BCUT2D eigenvalue weighted by molar-refractivity contribution is -0.128. The van der Waals surface area contributed by atoms with E-state index < -0.39 is 17.8 Å². The highest BCUT2D eigenvalue weighted by molar-refractivity contribution is 5.86. The number of hydrogen-bond acceptors (Lipinski definition) is 5. The van der Waals surface area contributed by atoms with Crippen LogP contribution in [0.25, 0.3) is 0 Å². The Balaban J connectivity index is 2.86. The van der Waals surface area contributed by atoms with Gasteiger partial charge >= 0.3 is 5.97 Å². The summed E-state index contributed by atoms with van der Waals surface area (Å²) in [4.78, 5) is 33.3. The van der Waals surface area contributed by atoms with Gasteiger partial charge in [-0.3, -0.25) is 20.4 Å². The number of amides is 2. The van der Waals surface area contributed by atoms with E-state index in [0.29, 0.717) is 12.1 Å². The van der Waals surface area contributed by atoms with E-state index in [-0.39, 0.29) is 18.2 Å². The molecule has 0 aliphatic rings. The van der Waals surface area contributed by atoms with E-state index in [1.54, 1.807) is 0 Å². The molecule has 0 bridgehead atoms. The number of carboxylic acid groups (broad SMARTS) is 1. The van der Waals surface area contributed by atoms with Crippen LogP contribution in [-0.2, 0) is 22.6 Å². The number of carbonyl (C=O) groups excluding carboxylic acids is 2. The van der Waals surface area contributed by atoms with Crippen molar-refractivity contribution < 1.29 is 19.5 Å². The molecule has 0 saturated carbocycles. The standard InChI is InChI=1S/C11H17N5O4/c1-6(2)4-8-10(11(19)20)14-15-16(8)5-9(18)13-12-7(3)17/h6H,4-5H2,1-3H3,(H,12,17)(H,13,18)(H,19,20). The first-order valence-electron chi connectivity index (χ1n) is 6.02. The molecule has 0 aliphatic heterocycles. The quantitative estimate of drug-likeness (QED) is 0.616. The summed E-state index contributed by atoms with van der Waals surface area (Å²) in [5, 5.41) is 16.3. The molecule has 0 aromatic carbocycles. The molecule has 1 rings (SSSR count). The Bertz CT molecular complexity index is 523. The number of carboxylic acids is 1. The molecule has 9 heteroatoms. The highest BCUT2D eigenvalue weighted by Crippen LogP contribution is 2.11. The number of aromatic carboxylic acids is 1. The van der Waals surface area contributed by atoms with Gasteiger partial charge in [0.2, 0.25) is 5.91 Å². The Morgan fingerprint density at radius 2 is 1.95 bits per heavy atom. The number of hydrazine groups is 1. The average Bonchev–Trinajstić information content (AvgIpc) is 2.69. The third-order valence-electron chi connectivity index (χ3n) is 2.31. The molecule has 0 radical (unpaired) electrons. The van der Waals surface area contributed by atoms with Crippen molar-refractivity contribution in [3.05, 3.63) is 11.4 Å². The molecule has 0 unspecified atom stereocenters. The second-order valence-corrected chi connectivity index (χ2v) is 4.67. The van der Waals surface area contributed by atoms with E-state index >= 15 is 0 Å². The first-order valence-corrected chi connectivity index (χ1v) is 6.02. The molecule has 1 heterocycles. The van der Waals surface area contributed by atoms with Crippen molar-refractivity contribution in [1.82, 2.24) is 25.8 Å². The van der Waals surface area contributed by atoms with Gasteiger partial charge in [0.1, 0.15) is 6.54 Å². The zero-order valence-corrected chi connectivity index (χ0v) is 11.5. The second-order valence-electron chi connectivity index (χ2n) is 4.67. The van der Waals surface area contributed by atoms with Crippen LogP contribution < -0.4 is 10.9 Å². The molecule has 2 amide bonds. The van der Waals surface area contributed by atoms with Crippen LogP contribution in [0, 0.1) is 5.92 Å². The van der Waals surface area contributed by atoms with E-state index in [1.807, 2.05) is 13.8 Å². The molecular formula is C11H17N5O4. The molecule has 1 aromatic heterocycles. The maximum atomic E-state index is 11.6. The Kier molecular flexibility index (Phi) is 5.18. The van der Waals surface area contributed by atoms with Gasteiger partial charge in [-0.25, -0.2) is 9.48 Å². The molecule has 0 saturated heterocycles. The van der Waals surface area contributed by atoms with E-state index in [1.165, 1.54) is 11.6 Å². The van der Waals surface area contributed by atoms with E-state index in [0.717, 1.165) is 0 Å². The van der Waals surface area contributed by atoms with Gasteiger partial charge in [0.15, 0.2) is 5.69 Å². The smallest absolute Gasteiger partial charge is 0.358 e. The van der Waals surface area contributed by atoms with Gasteiger partial charge in [0.05, 0.1) is 5.69 Å². The molecule has 0 atom stereocenters. The molecule has 1 aromatic rings. The summed E-state index contributed by atoms with van der Waals surface area (Å²) in [6.45, 7) is 4.87. The minimum absolute atomic E-state index is 0.161. The van der Waals surface area contributed by atoms with Gasteiger partial charge in [-0.05, 0) is 12.3 Å². The summed E-state index contributed by atoms with van der Waals surface area (Å²) in [5.74, 6) is -1.93. The first-order chi connectivity index (χ1) is 9.31. The van der Waals surface area contributed by atoms with E-state index in [2.05, 4.69) is 21.2 Å². The molecule has 0 spiro atoms. The normalized spacial score (nSPS) is 10.4. The van der Waals surface area contributed by atoms with Crippen molar-refractivity contribution in [2.75, 3.05) is 0 Å². The van der Waals surface area contributed by atoms with Gasteiger partial charge in [0.25, 0.3) is 5.91 Å². The SMILES string of the molecule is CC(=O)NNC(=O)Cn1nnc(C(=O)O)c1CC(C)C. The van der Waals surface area contributed by atoms with Gasteiger partial charge in [-0.1, -0.05) is 19.1 Å². The largest absolute Gasteiger partial charge is 0.476 e. The third-order valence-corrected chi connectivity index (χ3v) is 2.31. The Hall–Kier alpha value is -2.45. The fourth-order valence-corrected chi connectivity index (χ4v) is 1.55. The van der Waals surface area contributed by atoms with Gasteiger partial charge in [-0.15, -0.1) is 5.10 Å². The summed E-state index contributed by atoms with van der Waals surface area (Å²) in [6, 6.07) is 0. The molecule has 3 N–H and O–H groups in total. The Morgan fingerprint density at radius 1 is 1.30 bits per heavy atom. The van der Waals surface area contributed by atoms with E-state index in [4.69, 9.17) is 5.11 Å². The van der Waals surface area contributed by atoms with Crippen LogP contribution in [0.2, 0.25) is 0 Å². The molecule has 0 aliphatic carbocycles. The fourth-order valence-electron chi connectivity index (χ4n) is 1.55. The predicted octanol–water partition coefficient (Wildman–Crippen LogP) is -0.658. The minimum Gasteiger partial charge on any atom is -0.476 e. The molecular weight excluding hydrogens is 266 g/mol. The lowest BCUT2D eigenvalue weighted by atomic mass is 10.1. The van der Waals surface area contributed by atoms with Crippen LogP contribution in [-0.4, -0.2) is 37.9 Å². The van der Waals surface area contributed by atoms with Crippen LogP contribution in [0.1, 0.15) is 37.0 Å². The lowest BCUT2D eigenvalue weighted by Gasteiger charge is -2.09. The van der Waals surface area contributed by atoms with Crippen molar-refractivity contribution >= 4 is 17.8 Å². The first kappa shape index (κ1) is 15.6. The predicted molar refractivity (Wildman–Crippen MR) is 67.5 cm³/mol. The zero-order valence-electron chi connectivity index (χ0n) is 11.5. The summed E-state index contributed by atoms with van der Waals surface area (Å²) in [6.07, 6.45) is 0.433. The number of hydrogen-bond donors (Lipinski definition) is 3. The Morgan fingerprint density at radius 3 is 2.45 bits per heavy atom. The van der Waals surface area contributed by atoms with Crippen molar-refractivity contribution in [2.24, 2.45) is 5.92 Å². The average molecular weight is 283 g/mol. The van der Waals surface area contributed by atoms with Crippen LogP contribution in [0.15, 0.2) is 0 Å². The summed E-state index contributed by atoms with van der Waals surface area (Å²) < 4.78 is 1.22. The van der Waals surface area contributed by atoms with Crippen molar-refractivity contribution in [1.29, 1.82) is 0 Å². The Labute approximate surface area is 115 Å². The third kappa shape index (κ3) is 4.34. The second kappa shape index (κ2) is 6.64. The minimum atomic E-state index is -1.19. The number of nitrogens with zero attached hydrogens (tertiary/aromatic N) is 3. The maximum absolute atomic E-state index is 11.6.